The molecule has 3 aromatic carbocycles. The van der Waals surface area contributed by atoms with Crippen molar-refractivity contribution in [2.45, 2.75) is 32.6 Å². The first-order valence-corrected chi connectivity index (χ1v) is 9.51. The maximum absolute atomic E-state index is 13.9. The van der Waals surface area contributed by atoms with Gasteiger partial charge in [0.05, 0.1) is 0 Å². The Morgan fingerprint density at radius 1 is 0.741 bits per heavy atom. The summed E-state index contributed by atoms with van der Waals surface area (Å²) in [4.78, 5) is 0. The first-order valence-electron chi connectivity index (χ1n) is 9.14. The van der Waals surface area contributed by atoms with Crippen molar-refractivity contribution in [3.8, 4) is 22.3 Å². The highest BCUT2D eigenvalue weighted by Gasteiger charge is 2.11. The molecule has 0 unspecified atom stereocenters. The average molecular weight is 381 g/mol. The number of rotatable bonds is 7. The average Bonchev–Trinajstić information content (AvgIpc) is 2.69. The van der Waals surface area contributed by atoms with Gasteiger partial charge < -0.3 is 0 Å². The molecule has 0 aliphatic rings. The Labute approximate surface area is 164 Å². The van der Waals surface area contributed by atoms with Gasteiger partial charge in [-0.05, 0) is 52.8 Å². The summed E-state index contributed by atoms with van der Waals surface area (Å²) < 4.78 is 31.0. The molecule has 0 bridgehead atoms. The first kappa shape index (κ1) is 19.3. The standard InChI is InChI=1S/C23H21F2NS/c1-2-3-4-5-16-6-8-17(9-7-16)18-10-12-19(13-11-18)20-14-21(24)23(26-27)22(25)15-20/h6-15H,2-5H2,1H3. The van der Waals surface area contributed by atoms with Crippen molar-refractivity contribution in [3.63, 3.8) is 0 Å². The molecule has 0 N–H and O–H groups in total. The maximum Gasteiger partial charge on any atom is 0.153 e. The van der Waals surface area contributed by atoms with E-state index in [4.69, 9.17) is 0 Å². The molecule has 0 heterocycles. The molecule has 0 saturated carbocycles. The molecule has 3 rings (SSSR count). The summed E-state index contributed by atoms with van der Waals surface area (Å²) in [5.74, 6) is -1.49. The van der Waals surface area contributed by atoms with Crippen molar-refractivity contribution < 1.29 is 8.78 Å². The second-order valence-electron chi connectivity index (χ2n) is 6.61. The molecule has 0 radical (unpaired) electrons. The minimum Gasteiger partial charge on any atom is -0.204 e. The Morgan fingerprint density at radius 2 is 1.22 bits per heavy atom. The molecular weight excluding hydrogens is 360 g/mol. The van der Waals surface area contributed by atoms with Crippen LogP contribution in [0.2, 0.25) is 0 Å². The quantitative estimate of drug-likeness (QED) is 0.389. The van der Waals surface area contributed by atoms with E-state index in [0.29, 0.717) is 5.56 Å². The third kappa shape index (κ3) is 4.64. The summed E-state index contributed by atoms with van der Waals surface area (Å²) >= 11 is 4.41. The van der Waals surface area contributed by atoms with Crippen molar-refractivity contribution in [1.29, 1.82) is 0 Å². The van der Waals surface area contributed by atoms with E-state index in [1.54, 1.807) is 0 Å². The number of hydrogen-bond acceptors (Lipinski definition) is 2. The van der Waals surface area contributed by atoms with Gasteiger partial charge in [0.25, 0.3) is 0 Å². The predicted molar refractivity (Wildman–Crippen MR) is 110 cm³/mol. The second-order valence-corrected chi connectivity index (χ2v) is 6.79. The molecule has 4 heteroatoms. The number of nitrogens with zero attached hydrogens (tertiary/aromatic N) is 1. The van der Waals surface area contributed by atoms with Gasteiger partial charge in [-0.3, -0.25) is 0 Å². The molecule has 1 nitrogen and oxygen atoms in total. The van der Waals surface area contributed by atoms with Crippen LogP contribution in [0, 0.1) is 11.6 Å². The smallest absolute Gasteiger partial charge is 0.153 e. The Hall–Kier alpha value is -2.46. The number of benzene rings is 3. The molecule has 0 fully saturated rings. The van der Waals surface area contributed by atoms with Crippen LogP contribution in [0.4, 0.5) is 14.5 Å². The number of hydrogen-bond donors (Lipinski definition) is 0. The van der Waals surface area contributed by atoms with Crippen LogP contribution in [0.5, 0.6) is 0 Å². The monoisotopic (exact) mass is 381 g/mol. The van der Waals surface area contributed by atoms with Gasteiger partial charge in [0, 0.05) is 12.4 Å². The predicted octanol–water partition coefficient (Wildman–Crippen LogP) is 7.39. The fourth-order valence-electron chi connectivity index (χ4n) is 3.12. The van der Waals surface area contributed by atoms with Crippen LogP contribution in [-0.4, -0.2) is 0 Å². The summed E-state index contributed by atoms with van der Waals surface area (Å²) in [7, 11) is 0. The lowest BCUT2D eigenvalue weighted by Crippen LogP contribution is -1.88. The Balaban J connectivity index is 1.78. The zero-order valence-corrected chi connectivity index (χ0v) is 16.0. The lowest BCUT2D eigenvalue weighted by molar-refractivity contribution is 0.589. The van der Waals surface area contributed by atoms with E-state index < -0.39 is 17.3 Å². The van der Waals surface area contributed by atoms with Gasteiger partial charge in [-0.15, -0.1) is 0 Å². The van der Waals surface area contributed by atoms with Gasteiger partial charge in [0.1, 0.15) is 5.69 Å². The summed E-state index contributed by atoms with van der Waals surface area (Å²) in [6.07, 6.45) is 4.81. The van der Waals surface area contributed by atoms with Crippen LogP contribution < -0.4 is 0 Å². The molecule has 0 saturated heterocycles. The molecule has 27 heavy (non-hydrogen) atoms. The molecular formula is C23H21F2NS. The van der Waals surface area contributed by atoms with Gasteiger partial charge >= 0.3 is 0 Å². The van der Waals surface area contributed by atoms with Crippen molar-refractivity contribution in [2.24, 2.45) is 4.36 Å². The summed E-state index contributed by atoms with van der Waals surface area (Å²) in [6.45, 7) is 2.21. The second kappa shape index (κ2) is 8.96. The van der Waals surface area contributed by atoms with E-state index in [9.17, 15) is 8.78 Å². The summed E-state index contributed by atoms with van der Waals surface area (Å²) in [6, 6.07) is 18.7. The van der Waals surface area contributed by atoms with Gasteiger partial charge in [-0.2, -0.15) is 4.36 Å². The SMILES string of the molecule is CCCCCc1ccc(-c2ccc(-c3cc(F)c(N=S)c(F)c3)cc2)cc1. The highest BCUT2D eigenvalue weighted by molar-refractivity contribution is 7.47. The lowest BCUT2D eigenvalue weighted by atomic mass is 9.98. The molecule has 0 aromatic heterocycles. The van der Waals surface area contributed by atoms with Crippen LogP contribution in [-0.2, 0) is 18.8 Å². The van der Waals surface area contributed by atoms with Gasteiger partial charge in [-0.25, -0.2) is 8.78 Å². The van der Waals surface area contributed by atoms with Crippen molar-refractivity contribution in [3.05, 3.63) is 77.9 Å². The van der Waals surface area contributed by atoms with Gasteiger partial charge in [0.15, 0.2) is 11.6 Å². The molecule has 138 valence electrons. The zero-order chi connectivity index (χ0) is 19.2. The van der Waals surface area contributed by atoms with E-state index in [0.717, 1.165) is 23.1 Å². The van der Waals surface area contributed by atoms with E-state index in [-0.39, 0.29) is 0 Å². The highest BCUT2D eigenvalue weighted by Crippen LogP contribution is 2.30. The first-order chi connectivity index (χ1) is 13.1. The zero-order valence-electron chi connectivity index (χ0n) is 15.2. The van der Waals surface area contributed by atoms with E-state index >= 15 is 0 Å². The van der Waals surface area contributed by atoms with E-state index in [1.807, 2.05) is 24.3 Å². The van der Waals surface area contributed by atoms with Crippen molar-refractivity contribution in [1.82, 2.24) is 0 Å². The molecule has 0 aliphatic carbocycles. The number of aryl methyl sites for hydroxylation is 1. The topological polar surface area (TPSA) is 12.4 Å². The third-order valence-corrected chi connectivity index (χ3v) is 4.87. The number of halogens is 2. The molecule has 0 atom stereocenters. The van der Waals surface area contributed by atoms with E-state index in [1.165, 1.54) is 37.0 Å². The Kier molecular flexibility index (Phi) is 6.40. The summed E-state index contributed by atoms with van der Waals surface area (Å²) in [5, 5.41) is 0. The Morgan fingerprint density at radius 3 is 1.70 bits per heavy atom. The van der Waals surface area contributed by atoms with Crippen LogP contribution in [0.3, 0.4) is 0 Å². The van der Waals surface area contributed by atoms with Crippen LogP contribution in [0.15, 0.2) is 65.0 Å². The third-order valence-electron chi connectivity index (χ3n) is 4.68. The molecule has 0 aliphatic heterocycles. The number of unbranched alkanes of at least 4 members (excludes halogenated alkanes) is 2. The molecule has 0 spiro atoms. The van der Waals surface area contributed by atoms with Crippen molar-refractivity contribution >= 4 is 18.1 Å². The minimum absolute atomic E-state index is 0.413. The maximum atomic E-state index is 13.9. The molecule has 3 aromatic rings. The van der Waals surface area contributed by atoms with Crippen LogP contribution in [0.25, 0.3) is 22.3 Å². The van der Waals surface area contributed by atoms with Gasteiger partial charge in [-0.1, -0.05) is 68.3 Å². The van der Waals surface area contributed by atoms with Gasteiger partial charge in [0.2, 0.25) is 0 Å². The van der Waals surface area contributed by atoms with Crippen LogP contribution in [0.1, 0.15) is 31.7 Å². The van der Waals surface area contributed by atoms with Crippen LogP contribution >= 0.6 is 0 Å². The lowest BCUT2D eigenvalue weighted by Gasteiger charge is -2.08. The normalized spacial score (nSPS) is 10.8. The summed E-state index contributed by atoms with van der Waals surface area (Å²) in [5.41, 5.74) is 4.33. The largest absolute Gasteiger partial charge is 0.204 e. The fourth-order valence-corrected chi connectivity index (χ4v) is 3.29. The fraction of sp³-hybridized carbons (Fsp3) is 0.217. The molecule has 0 amide bonds. The van der Waals surface area contributed by atoms with Crippen molar-refractivity contribution in [2.75, 3.05) is 0 Å². The van der Waals surface area contributed by atoms with E-state index in [2.05, 4.69) is 48.0 Å². The minimum atomic E-state index is -0.747. The highest BCUT2D eigenvalue weighted by atomic mass is 32.1. The Bertz CT molecular complexity index is 895.